The van der Waals surface area contributed by atoms with Gasteiger partial charge in [-0.05, 0) is 30.0 Å². The van der Waals surface area contributed by atoms with Gasteiger partial charge in [0.25, 0.3) is 11.1 Å². The molecule has 2 aromatic heterocycles. The maximum atomic E-state index is 12.3. The van der Waals surface area contributed by atoms with E-state index < -0.39 is 22.0 Å². The Morgan fingerprint density at radius 3 is 2.68 bits per heavy atom. The summed E-state index contributed by atoms with van der Waals surface area (Å²) in [6.45, 7) is 0. The zero-order valence-corrected chi connectivity index (χ0v) is 12.1. The number of aryl methyl sites for hydroxylation is 1. The van der Waals surface area contributed by atoms with E-state index in [0.29, 0.717) is 5.82 Å². The van der Waals surface area contributed by atoms with Gasteiger partial charge in [0.2, 0.25) is 0 Å². The molecular weight excluding hydrogens is 310 g/mol. The maximum Gasteiger partial charge on any atom is 0.433 e. The Labute approximate surface area is 128 Å². The molecule has 2 amide bonds. The van der Waals surface area contributed by atoms with Gasteiger partial charge in [-0.25, -0.2) is 4.90 Å². The minimum atomic E-state index is -0.674. The Morgan fingerprint density at radius 1 is 1.32 bits per heavy atom. The van der Waals surface area contributed by atoms with Crippen LogP contribution in [-0.2, 0) is 11.8 Å². The smallest absolute Gasteiger partial charge is 0.401 e. The molecule has 0 spiro atoms. The molecule has 0 radical (unpaired) electrons. The van der Waals surface area contributed by atoms with Gasteiger partial charge in [0.15, 0.2) is 0 Å². The van der Waals surface area contributed by atoms with Gasteiger partial charge in [0.1, 0.15) is 16.5 Å². The van der Waals surface area contributed by atoms with Crippen molar-refractivity contribution in [3.05, 3.63) is 51.2 Å². The third-order valence-electron chi connectivity index (χ3n) is 3.01. The molecule has 0 N–H and O–H groups in total. The molecule has 112 valence electrons. The summed E-state index contributed by atoms with van der Waals surface area (Å²) in [7, 11) is 1.72. The molecule has 3 rings (SSSR count). The van der Waals surface area contributed by atoms with Crippen LogP contribution in [0.3, 0.4) is 0 Å². The summed E-state index contributed by atoms with van der Waals surface area (Å²) in [5.74, 6) is -0.316. The fourth-order valence-electron chi connectivity index (χ4n) is 2.00. The van der Waals surface area contributed by atoms with Gasteiger partial charge < -0.3 is 8.98 Å². The number of anilines is 1. The highest BCUT2D eigenvalue weighted by molar-refractivity contribution is 8.19. The number of imide groups is 1. The molecule has 0 atom stereocenters. The fraction of sp³-hybridized carbons (Fsp3) is 0.0769. The van der Waals surface area contributed by atoms with E-state index in [1.807, 2.05) is 0 Å². The van der Waals surface area contributed by atoms with Crippen LogP contribution >= 0.6 is 11.8 Å². The van der Waals surface area contributed by atoms with Crippen molar-refractivity contribution in [3.63, 3.8) is 0 Å². The molecule has 2 aromatic rings. The zero-order valence-electron chi connectivity index (χ0n) is 11.3. The van der Waals surface area contributed by atoms with Crippen LogP contribution < -0.4 is 4.90 Å². The summed E-state index contributed by atoms with van der Waals surface area (Å²) in [4.78, 5) is 35.5. The van der Waals surface area contributed by atoms with Gasteiger partial charge in [-0.1, -0.05) is 0 Å². The lowest BCUT2D eigenvalue weighted by molar-refractivity contribution is -0.402. The first-order valence-corrected chi connectivity index (χ1v) is 6.92. The zero-order chi connectivity index (χ0) is 15.9. The third kappa shape index (κ3) is 2.31. The second-order valence-corrected chi connectivity index (χ2v) is 5.42. The first-order chi connectivity index (χ1) is 10.5. The van der Waals surface area contributed by atoms with Crippen molar-refractivity contribution in [1.82, 2.24) is 4.57 Å². The van der Waals surface area contributed by atoms with E-state index in [1.165, 1.54) is 18.2 Å². The number of carbonyl (C=O) groups is 2. The molecular formula is C13H9N3O5S. The van der Waals surface area contributed by atoms with Crippen LogP contribution in [-0.4, -0.2) is 20.6 Å². The highest BCUT2D eigenvalue weighted by atomic mass is 32.2. The summed E-state index contributed by atoms with van der Waals surface area (Å²) in [5.41, 5.74) is 0. The number of thioether (sulfide) groups is 1. The second kappa shape index (κ2) is 5.19. The van der Waals surface area contributed by atoms with Crippen LogP contribution in [0.5, 0.6) is 0 Å². The average molecular weight is 319 g/mol. The highest BCUT2D eigenvalue weighted by Crippen LogP contribution is 2.36. The summed E-state index contributed by atoms with van der Waals surface area (Å²) in [5, 5.41) is 10.1. The molecule has 0 aliphatic carbocycles. The molecule has 0 unspecified atom stereocenters. The number of aromatic nitrogens is 1. The maximum absolute atomic E-state index is 12.3. The van der Waals surface area contributed by atoms with E-state index in [2.05, 4.69) is 0 Å². The van der Waals surface area contributed by atoms with E-state index in [1.54, 1.807) is 29.9 Å². The van der Waals surface area contributed by atoms with E-state index >= 15 is 0 Å². The Balaban J connectivity index is 1.92. The predicted octanol–water partition coefficient (Wildman–Crippen LogP) is 2.77. The predicted molar refractivity (Wildman–Crippen MR) is 79.2 cm³/mol. The van der Waals surface area contributed by atoms with E-state index in [9.17, 15) is 19.7 Å². The summed E-state index contributed by atoms with van der Waals surface area (Å²) in [6, 6.07) is 5.93. The number of nitrogens with zero attached hydrogens (tertiary/aromatic N) is 3. The van der Waals surface area contributed by atoms with Gasteiger partial charge >= 0.3 is 5.88 Å². The largest absolute Gasteiger partial charge is 0.433 e. The minimum absolute atomic E-state index is 0.143. The van der Waals surface area contributed by atoms with Crippen molar-refractivity contribution in [1.29, 1.82) is 0 Å². The molecule has 0 bridgehead atoms. The topological polar surface area (TPSA) is 98.6 Å². The average Bonchev–Trinajstić information content (AvgIpc) is 3.13. The van der Waals surface area contributed by atoms with Crippen molar-refractivity contribution in [3.8, 4) is 0 Å². The van der Waals surface area contributed by atoms with Crippen LogP contribution in [0.4, 0.5) is 16.5 Å². The first-order valence-electron chi connectivity index (χ1n) is 6.11. The van der Waals surface area contributed by atoms with Crippen LogP contribution in [0.1, 0.15) is 5.76 Å². The molecule has 1 aliphatic rings. The standard InChI is InChI=1S/C13H9N3O5S/c1-14-6-2-3-10(14)15-12(17)9(22-13(15)18)7-8-4-5-11(21-8)16(19)20/h2-7H,1H3/b9-7-. The van der Waals surface area contributed by atoms with Crippen molar-refractivity contribution in [2.24, 2.45) is 7.05 Å². The number of hydrogen-bond acceptors (Lipinski definition) is 6. The molecule has 8 nitrogen and oxygen atoms in total. The van der Waals surface area contributed by atoms with E-state index in [-0.39, 0.29) is 10.7 Å². The number of carbonyl (C=O) groups excluding carboxylic acids is 2. The Kier molecular flexibility index (Phi) is 3.33. The molecule has 1 fully saturated rings. The normalized spacial score (nSPS) is 16.8. The van der Waals surface area contributed by atoms with Crippen LogP contribution in [0.2, 0.25) is 0 Å². The number of furan rings is 1. The molecule has 1 saturated heterocycles. The monoisotopic (exact) mass is 319 g/mol. The van der Waals surface area contributed by atoms with Crippen molar-refractivity contribution < 1.29 is 18.9 Å². The Bertz CT molecular complexity index is 819. The summed E-state index contributed by atoms with van der Waals surface area (Å²) < 4.78 is 6.61. The molecule has 0 saturated carbocycles. The Morgan fingerprint density at radius 2 is 2.09 bits per heavy atom. The van der Waals surface area contributed by atoms with Crippen molar-refractivity contribution in [2.75, 3.05) is 4.90 Å². The molecule has 9 heteroatoms. The van der Waals surface area contributed by atoms with Crippen LogP contribution in [0, 0.1) is 10.1 Å². The second-order valence-electron chi connectivity index (χ2n) is 4.43. The van der Waals surface area contributed by atoms with Crippen molar-refractivity contribution >= 4 is 40.7 Å². The molecule has 0 aromatic carbocycles. The van der Waals surface area contributed by atoms with Gasteiger partial charge in [-0.3, -0.25) is 19.7 Å². The number of rotatable bonds is 3. The lowest BCUT2D eigenvalue weighted by Gasteiger charge is -2.12. The lowest BCUT2D eigenvalue weighted by Crippen LogP contribution is -2.29. The van der Waals surface area contributed by atoms with E-state index in [4.69, 9.17) is 4.42 Å². The molecule has 3 heterocycles. The summed E-state index contributed by atoms with van der Waals surface area (Å²) >= 11 is 0.757. The van der Waals surface area contributed by atoms with Crippen LogP contribution in [0.25, 0.3) is 6.08 Å². The number of amides is 2. The van der Waals surface area contributed by atoms with E-state index in [0.717, 1.165) is 16.7 Å². The highest BCUT2D eigenvalue weighted by Gasteiger charge is 2.37. The Hall–Kier alpha value is -2.81. The quantitative estimate of drug-likeness (QED) is 0.490. The molecule has 22 heavy (non-hydrogen) atoms. The van der Waals surface area contributed by atoms with Crippen molar-refractivity contribution in [2.45, 2.75) is 0 Å². The minimum Gasteiger partial charge on any atom is -0.401 e. The van der Waals surface area contributed by atoms with Gasteiger partial charge in [0.05, 0.1) is 11.0 Å². The fourth-order valence-corrected chi connectivity index (χ4v) is 2.81. The van der Waals surface area contributed by atoms with Gasteiger partial charge in [-0.2, -0.15) is 0 Å². The number of hydrogen-bond donors (Lipinski definition) is 0. The van der Waals surface area contributed by atoms with Crippen LogP contribution in [0.15, 0.2) is 39.8 Å². The van der Waals surface area contributed by atoms with Gasteiger partial charge in [-0.15, -0.1) is 0 Å². The van der Waals surface area contributed by atoms with Gasteiger partial charge in [0, 0.05) is 19.3 Å². The lowest BCUT2D eigenvalue weighted by atomic mass is 10.3. The summed E-state index contributed by atoms with van der Waals surface area (Å²) in [6.07, 6.45) is 3.04. The number of nitro groups is 1. The SMILES string of the molecule is Cn1cccc1N1C(=O)S/C(=C\c2ccc([N+](=O)[O-])o2)C1=O. The molecule has 1 aliphatic heterocycles. The third-order valence-corrected chi connectivity index (χ3v) is 3.87. The first kappa shape index (κ1) is 14.1.